The summed E-state index contributed by atoms with van der Waals surface area (Å²) < 4.78 is 6.28. The Balaban J connectivity index is 2.35. The van der Waals surface area contributed by atoms with Gasteiger partial charge in [-0.15, -0.1) is 13.0 Å². The summed E-state index contributed by atoms with van der Waals surface area (Å²) in [6.07, 6.45) is 8.34. The smallest absolute Gasteiger partial charge is 0.293 e. The van der Waals surface area contributed by atoms with Crippen molar-refractivity contribution in [2.75, 3.05) is 13.2 Å². The molecule has 0 bridgehead atoms. The second-order valence-electron chi connectivity index (χ2n) is 4.26. The van der Waals surface area contributed by atoms with Gasteiger partial charge in [-0.05, 0) is 36.0 Å². The van der Waals surface area contributed by atoms with Gasteiger partial charge in [0.25, 0.3) is 11.1 Å². The average Bonchev–Trinajstić information content (AvgIpc) is 2.74. The molecule has 0 aliphatic carbocycles. The van der Waals surface area contributed by atoms with Gasteiger partial charge in [-0.3, -0.25) is 14.5 Å². The third kappa shape index (κ3) is 3.62. The lowest BCUT2D eigenvalue weighted by molar-refractivity contribution is -0.122. The van der Waals surface area contributed by atoms with Gasteiger partial charge in [-0.2, -0.15) is 0 Å². The van der Waals surface area contributed by atoms with Crippen LogP contribution in [-0.2, 0) is 4.79 Å². The van der Waals surface area contributed by atoms with Crippen molar-refractivity contribution in [1.29, 1.82) is 0 Å². The molecule has 0 atom stereocenters. The maximum atomic E-state index is 12.2. The number of amides is 2. The minimum atomic E-state index is -0.335. The minimum Gasteiger partial charge on any atom is -0.480 e. The molecule has 1 heterocycles. The predicted molar refractivity (Wildman–Crippen MR) is 91.3 cm³/mol. The molecule has 2 amide bonds. The highest BCUT2D eigenvalue weighted by atomic mass is 79.9. The summed E-state index contributed by atoms with van der Waals surface area (Å²) in [4.78, 5) is 25.5. The summed E-state index contributed by atoms with van der Waals surface area (Å²) in [5.74, 6) is 2.61. The van der Waals surface area contributed by atoms with E-state index in [4.69, 9.17) is 11.2 Å². The van der Waals surface area contributed by atoms with Crippen LogP contribution in [0.5, 0.6) is 5.75 Å². The van der Waals surface area contributed by atoms with Crippen molar-refractivity contribution in [3.05, 3.63) is 45.8 Å². The van der Waals surface area contributed by atoms with Crippen LogP contribution in [0, 0.1) is 12.3 Å². The van der Waals surface area contributed by atoms with Gasteiger partial charge < -0.3 is 4.74 Å². The van der Waals surface area contributed by atoms with E-state index in [-0.39, 0.29) is 24.3 Å². The summed E-state index contributed by atoms with van der Waals surface area (Å²) in [5, 5.41) is -0.308. The molecule has 6 heteroatoms. The highest BCUT2D eigenvalue weighted by molar-refractivity contribution is 9.10. The molecule has 1 aromatic carbocycles. The molecule has 4 nitrogen and oxygen atoms in total. The van der Waals surface area contributed by atoms with E-state index >= 15 is 0 Å². The Morgan fingerprint density at radius 3 is 2.91 bits per heavy atom. The number of ether oxygens (including phenoxy) is 1. The fourth-order valence-electron chi connectivity index (χ4n) is 1.81. The van der Waals surface area contributed by atoms with E-state index in [0.717, 1.165) is 21.1 Å². The van der Waals surface area contributed by atoms with Crippen molar-refractivity contribution < 1.29 is 14.3 Å². The topological polar surface area (TPSA) is 46.6 Å². The highest BCUT2D eigenvalue weighted by Crippen LogP contribution is 2.34. The molecule has 0 radical (unpaired) electrons. The van der Waals surface area contributed by atoms with E-state index in [9.17, 15) is 9.59 Å². The monoisotopic (exact) mass is 377 g/mol. The number of nitrogens with zero attached hydrogens (tertiary/aromatic N) is 1. The normalized spacial score (nSPS) is 16.0. The number of benzene rings is 1. The molecule has 0 spiro atoms. The first-order valence-corrected chi connectivity index (χ1v) is 7.90. The summed E-state index contributed by atoms with van der Waals surface area (Å²) in [7, 11) is 0. The van der Waals surface area contributed by atoms with Gasteiger partial charge in [0.15, 0.2) is 0 Å². The number of carbonyl (C=O) groups is 2. The van der Waals surface area contributed by atoms with Crippen LogP contribution in [0.3, 0.4) is 0 Å². The molecule has 1 aliphatic rings. The fourth-order valence-corrected chi connectivity index (χ4v) is 3.03. The van der Waals surface area contributed by atoms with Crippen LogP contribution in [0.15, 0.2) is 40.2 Å². The van der Waals surface area contributed by atoms with Gasteiger partial charge in [0.1, 0.15) is 12.4 Å². The van der Waals surface area contributed by atoms with Gasteiger partial charge in [-0.25, -0.2) is 0 Å². The van der Waals surface area contributed by atoms with Gasteiger partial charge in [-0.1, -0.05) is 27.9 Å². The number of imide groups is 1. The number of hydrogen-bond donors (Lipinski definition) is 0. The molecule has 112 valence electrons. The SMILES string of the molecule is C#CCOc1ccc(Br)cc1/C=C1\SC(=O)N(CC=C)C1=O. The van der Waals surface area contributed by atoms with Crippen LogP contribution in [0.2, 0.25) is 0 Å². The van der Waals surface area contributed by atoms with Crippen molar-refractivity contribution in [1.82, 2.24) is 4.90 Å². The average molecular weight is 378 g/mol. The molecule has 22 heavy (non-hydrogen) atoms. The molecule has 1 fully saturated rings. The van der Waals surface area contributed by atoms with Gasteiger partial charge in [0.05, 0.1) is 4.91 Å². The number of halogens is 1. The summed E-state index contributed by atoms with van der Waals surface area (Å²) in [6, 6.07) is 5.36. The predicted octanol–water partition coefficient (Wildman–Crippen LogP) is 3.68. The summed E-state index contributed by atoms with van der Waals surface area (Å²) in [5.41, 5.74) is 0.675. The second-order valence-corrected chi connectivity index (χ2v) is 6.16. The molecule has 0 N–H and O–H groups in total. The van der Waals surface area contributed by atoms with Crippen LogP contribution < -0.4 is 4.74 Å². The number of hydrogen-bond acceptors (Lipinski definition) is 4. The fraction of sp³-hybridized carbons (Fsp3) is 0.125. The molecular weight excluding hydrogens is 366 g/mol. The molecule has 2 rings (SSSR count). The zero-order valence-corrected chi connectivity index (χ0v) is 13.9. The van der Waals surface area contributed by atoms with E-state index < -0.39 is 0 Å². The molecule has 1 aliphatic heterocycles. The Labute approximate surface area is 141 Å². The van der Waals surface area contributed by atoms with Crippen molar-refractivity contribution in [3.8, 4) is 18.1 Å². The van der Waals surface area contributed by atoms with E-state index in [1.165, 1.54) is 6.08 Å². The first-order chi connectivity index (χ1) is 10.6. The minimum absolute atomic E-state index is 0.125. The quantitative estimate of drug-likeness (QED) is 0.446. The Bertz CT molecular complexity index is 706. The maximum Gasteiger partial charge on any atom is 0.293 e. The largest absolute Gasteiger partial charge is 0.480 e. The van der Waals surface area contributed by atoms with Crippen molar-refractivity contribution >= 4 is 44.9 Å². The lowest BCUT2D eigenvalue weighted by atomic mass is 10.2. The van der Waals surface area contributed by atoms with Crippen molar-refractivity contribution in [2.24, 2.45) is 0 Å². The van der Waals surface area contributed by atoms with E-state index in [1.807, 2.05) is 6.07 Å². The third-order valence-electron chi connectivity index (χ3n) is 2.75. The molecule has 1 aromatic rings. The number of carbonyl (C=O) groups excluding carboxylic acids is 2. The van der Waals surface area contributed by atoms with Crippen molar-refractivity contribution in [2.45, 2.75) is 0 Å². The van der Waals surface area contributed by atoms with E-state index in [0.29, 0.717) is 16.2 Å². The van der Waals surface area contributed by atoms with Gasteiger partial charge in [0.2, 0.25) is 0 Å². The Kier molecular flexibility index (Phi) is 5.47. The number of thioether (sulfide) groups is 1. The first kappa shape index (κ1) is 16.4. The third-order valence-corrected chi connectivity index (χ3v) is 4.16. The van der Waals surface area contributed by atoms with Crippen molar-refractivity contribution in [3.63, 3.8) is 0 Å². The Hall–Kier alpha value is -1.97. The summed E-state index contributed by atoms with van der Waals surface area (Å²) in [6.45, 7) is 3.86. The Morgan fingerprint density at radius 1 is 1.45 bits per heavy atom. The molecule has 0 saturated carbocycles. The maximum absolute atomic E-state index is 12.2. The van der Waals surface area contributed by atoms with E-state index in [1.54, 1.807) is 18.2 Å². The van der Waals surface area contributed by atoms with Gasteiger partial charge >= 0.3 is 0 Å². The second kappa shape index (κ2) is 7.34. The first-order valence-electron chi connectivity index (χ1n) is 6.29. The van der Waals surface area contributed by atoms with Crippen LogP contribution in [0.25, 0.3) is 6.08 Å². The van der Waals surface area contributed by atoms with E-state index in [2.05, 4.69) is 28.4 Å². The molecule has 0 unspecified atom stereocenters. The molecular formula is C16H12BrNO3S. The van der Waals surface area contributed by atoms with Crippen LogP contribution in [0.1, 0.15) is 5.56 Å². The summed E-state index contributed by atoms with van der Waals surface area (Å²) >= 11 is 4.26. The lowest BCUT2D eigenvalue weighted by Gasteiger charge is -2.09. The number of terminal acetylenes is 1. The highest BCUT2D eigenvalue weighted by Gasteiger charge is 2.34. The molecule has 1 saturated heterocycles. The zero-order chi connectivity index (χ0) is 16.1. The number of rotatable bonds is 5. The van der Waals surface area contributed by atoms with Crippen LogP contribution in [-0.4, -0.2) is 29.2 Å². The van der Waals surface area contributed by atoms with Gasteiger partial charge in [0, 0.05) is 16.6 Å². The standard InChI is InChI=1S/C16H12BrNO3S/c1-3-7-18-15(19)14(22-16(18)20)10-11-9-12(17)5-6-13(11)21-8-4-2/h2-3,5-6,9-10H,1,7-8H2/b14-10-. The Morgan fingerprint density at radius 2 is 2.23 bits per heavy atom. The van der Waals surface area contributed by atoms with Crippen LogP contribution in [0.4, 0.5) is 4.79 Å². The van der Waals surface area contributed by atoms with Crippen LogP contribution >= 0.6 is 27.7 Å². The zero-order valence-electron chi connectivity index (χ0n) is 11.5. The molecule has 0 aromatic heterocycles. The lowest BCUT2D eigenvalue weighted by Crippen LogP contribution is -2.27.